The molecule has 3 heteroatoms. The molecule has 0 radical (unpaired) electrons. The highest BCUT2D eigenvalue weighted by atomic mass is 16.3. The maximum absolute atomic E-state index is 6.54. The molecule has 0 N–H and O–H groups in total. The Bertz CT molecular complexity index is 2020. The molecule has 0 fully saturated rings. The Kier molecular flexibility index (Phi) is 8.97. The van der Waals surface area contributed by atoms with Crippen LogP contribution in [0, 0.1) is 5.92 Å². The minimum atomic E-state index is 0.175. The average Bonchev–Trinajstić information content (AvgIpc) is 3.51. The number of aliphatic imine (C=N–C) groups is 2. The summed E-state index contributed by atoms with van der Waals surface area (Å²) in [6.07, 6.45) is 21.4. The van der Waals surface area contributed by atoms with Crippen molar-refractivity contribution in [2.45, 2.75) is 58.8 Å². The molecule has 0 saturated heterocycles. The lowest BCUT2D eigenvalue weighted by atomic mass is 9.81. The van der Waals surface area contributed by atoms with Crippen LogP contribution in [0.1, 0.15) is 80.4 Å². The van der Waals surface area contributed by atoms with Crippen LogP contribution in [0.3, 0.4) is 0 Å². The molecule has 7 rings (SSSR count). The number of fused-ring (bicyclic) bond motifs is 3. The van der Waals surface area contributed by atoms with Gasteiger partial charge in [0.15, 0.2) is 5.84 Å². The number of hydrogen-bond acceptors (Lipinski definition) is 2. The average molecular weight is 615 g/mol. The van der Waals surface area contributed by atoms with Crippen molar-refractivity contribution >= 4 is 39.4 Å². The van der Waals surface area contributed by atoms with Gasteiger partial charge in [0.25, 0.3) is 0 Å². The van der Waals surface area contributed by atoms with Crippen molar-refractivity contribution < 1.29 is 4.42 Å². The van der Waals surface area contributed by atoms with Crippen LogP contribution in [0.2, 0.25) is 0 Å². The van der Waals surface area contributed by atoms with Crippen molar-refractivity contribution in [1.82, 2.24) is 0 Å². The number of nitrogens with zero attached hydrogens (tertiary/aromatic N) is 2. The van der Waals surface area contributed by atoms with Gasteiger partial charge in [-0.05, 0) is 72.9 Å². The number of hydrogen-bond donors (Lipinski definition) is 0. The summed E-state index contributed by atoms with van der Waals surface area (Å²) in [5.41, 5.74) is 12.1. The Morgan fingerprint density at radius 1 is 0.851 bits per heavy atom. The van der Waals surface area contributed by atoms with Crippen LogP contribution in [-0.4, -0.2) is 11.5 Å². The molecule has 3 aromatic carbocycles. The summed E-state index contributed by atoms with van der Waals surface area (Å²) in [6.45, 7) is 8.80. The van der Waals surface area contributed by atoms with Crippen molar-refractivity contribution in [3.63, 3.8) is 0 Å². The van der Waals surface area contributed by atoms with Crippen molar-refractivity contribution in [2.24, 2.45) is 15.9 Å². The molecule has 3 aliphatic carbocycles. The Hall–Kier alpha value is -5.02. The fraction of sp³-hybridized carbons (Fsp3) is 0.227. The van der Waals surface area contributed by atoms with E-state index in [0.717, 1.165) is 83.2 Å². The lowest BCUT2D eigenvalue weighted by Gasteiger charge is -2.23. The van der Waals surface area contributed by atoms with Gasteiger partial charge in [0.05, 0.1) is 5.70 Å². The zero-order valence-corrected chi connectivity index (χ0v) is 27.5. The summed E-state index contributed by atoms with van der Waals surface area (Å²) in [5.74, 6) is 1.82. The second-order valence-corrected chi connectivity index (χ2v) is 12.7. The highest BCUT2D eigenvalue weighted by molar-refractivity contribution is 6.30. The highest BCUT2D eigenvalue weighted by Crippen LogP contribution is 2.41. The van der Waals surface area contributed by atoms with Gasteiger partial charge in [-0.25, -0.2) is 9.98 Å². The first-order chi connectivity index (χ1) is 23.1. The van der Waals surface area contributed by atoms with Crippen LogP contribution in [0.15, 0.2) is 147 Å². The highest BCUT2D eigenvalue weighted by Gasteiger charge is 2.30. The second kappa shape index (κ2) is 13.8. The van der Waals surface area contributed by atoms with Gasteiger partial charge in [0.1, 0.15) is 11.3 Å². The van der Waals surface area contributed by atoms with Crippen LogP contribution < -0.4 is 0 Å². The molecule has 1 atom stereocenters. The number of amidine groups is 1. The molecule has 4 aromatic rings. The molecule has 3 aliphatic rings. The predicted octanol–water partition coefficient (Wildman–Crippen LogP) is 11.7. The lowest BCUT2D eigenvalue weighted by Crippen LogP contribution is -2.16. The van der Waals surface area contributed by atoms with Gasteiger partial charge in [0.2, 0.25) is 0 Å². The fourth-order valence-electron chi connectivity index (χ4n) is 7.04. The molecule has 234 valence electrons. The van der Waals surface area contributed by atoms with Gasteiger partial charge in [-0.2, -0.15) is 0 Å². The summed E-state index contributed by atoms with van der Waals surface area (Å²) in [7, 11) is 0. The van der Waals surface area contributed by atoms with E-state index in [4.69, 9.17) is 14.4 Å². The van der Waals surface area contributed by atoms with Gasteiger partial charge in [-0.1, -0.05) is 135 Å². The standard InChI is InChI=1S/C44H42N2O/c1-4-15-35-20-11-12-21-38(35)36-26-24-33(25-27-36)31(3)46-44(45-30(2)32-16-7-5-8-17-32)40-28-37(34-18-9-6-10-19-34)29-42-43(40)39-22-13-14-23-41(39)47-42/h5,7-9,12-14,16-19,21-28,37H,3-4,6,10-11,15,20,29H2,1-2H3/b45-30+,46-44-. The molecule has 0 spiro atoms. The number of furan rings is 1. The van der Waals surface area contributed by atoms with E-state index in [2.05, 4.69) is 111 Å². The summed E-state index contributed by atoms with van der Waals surface area (Å²) >= 11 is 0. The monoisotopic (exact) mass is 614 g/mol. The van der Waals surface area contributed by atoms with Crippen molar-refractivity contribution in [3.05, 3.63) is 161 Å². The molecule has 0 amide bonds. The molecule has 0 bridgehead atoms. The van der Waals surface area contributed by atoms with Gasteiger partial charge >= 0.3 is 0 Å². The third-order valence-corrected chi connectivity index (χ3v) is 9.47. The smallest absolute Gasteiger partial charge is 0.160 e. The third-order valence-electron chi connectivity index (χ3n) is 9.47. The summed E-state index contributed by atoms with van der Waals surface area (Å²) in [6, 6.07) is 27.4. The molecule has 0 saturated carbocycles. The Morgan fingerprint density at radius 3 is 2.43 bits per heavy atom. The maximum Gasteiger partial charge on any atom is 0.160 e. The van der Waals surface area contributed by atoms with Crippen LogP contribution >= 0.6 is 0 Å². The van der Waals surface area contributed by atoms with Gasteiger partial charge in [0, 0.05) is 34.6 Å². The largest absolute Gasteiger partial charge is 0.460 e. The molecule has 1 heterocycles. The maximum atomic E-state index is 6.54. The minimum Gasteiger partial charge on any atom is -0.460 e. The summed E-state index contributed by atoms with van der Waals surface area (Å²) < 4.78 is 6.54. The molecule has 1 aromatic heterocycles. The fourth-order valence-corrected chi connectivity index (χ4v) is 7.04. The molecule has 0 aliphatic heterocycles. The number of allylic oxidation sites excluding steroid dienone is 9. The van der Waals surface area contributed by atoms with Gasteiger partial charge in [-0.3, -0.25) is 0 Å². The first kappa shape index (κ1) is 30.6. The van der Waals surface area contributed by atoms with Gasteiger partial charge < -0.3 is 4.42 Å². The molecular weight excluding hydrogens is 572 g/mol. The summed E-state index contributed by atoms with van der Waals surface area (Å²) in [4.78, 5) is 10.5. The van der Waals surface area contributed by atoms with E-state index >= 15 is 0 Å². The van der Waals surface area contributed by atoms with E-state index in [1.807, 2.05) is 24.3 Å². The van der Waals surface area contributed by atoms with Crippen LogP contribution in [0.4, 0.5) is 0 Å². The Labute approximate surface area is 278 Å². The molecule has 47 heavy (non-hydrogen) atoms. The lowest BCUT2D eigenvalue weighted by molar-refractivity contribution is 0.520. The van der Waals surface area contributed by atoms with E-state index in [-0.39, 0.29) is 5.92 Å². The topological polar surface area (TPSA) is 37.9 Å². The zero-order chi connectivity index (χ0) is 32.2. The number of benzene rings is 3. The predicted molar refractivity (Wildman–Crippen MR) is 200 cm³/mol. The number of rotatable bonds is 8. The van der Waals surface area contributed by atoms with Crippen LogP contribution in [0.25, 0.3) is 27.8 Å². The number of para-hydroxylation sites is 1. The SMILES string of the molecule is C=C(/N=C(\N=C(/C)c1ccccc1)C1=CC(C2=CCCC=C2)Cc2oc3ccccc3c21)c1ccc(C2=C(CCC)CCC=C2)cc1. The van der Waals surface area contributed by atoms with Crippen molar-refractivity contribution in [3.8, 4) is 0 Å². The summed E-state index contributed by atoms with van der Waals surface area (Å²) in [5, 5.41) is 1.09. The second-order valence-electron chi connectivity index (χ2n) is 12.7. The Balaban J connectivity index is 1.34. The quantitative estimate of drug-likeness (QED) is 0.144. The first-order valence-corrected chi connectivity index (χ1v) is 17.1. The van der Waals surface area contributed by atoms with E-state index in [0.29, 0.717) is 11.5 Å². The molecular formula is C44H42N2O. The molecule has 1 unspecified atom stereocenters. The van der Waals surface area contributed by atoms with E-state index in [1.165, 1.54) is 23.1 Å². The van der Waals surface area contributed by atoms with Crippen LogP contribution in [-0.2, 0) is 6.42 Å². The van der Waals surface area contributed by atoms with E-state index in [1.54, 1.807) is 5.57 Å². The van der Waals surface area contributed by atoms with Crippen molar-refractivity contribution in [1.29, 1.82) is 0 Å². The molecule has 3 nitrogen and oxygen atoms in total. The van der Waals surface area contributed by atoms with Crippen LogP contribution in [0.5, 0.6) is 0 Å². The van der Waals surface area contributed by atoms with E-state index in [9.17, 15) is 0 Å². The van der Waals surface area contributed by atoms with Crippen molar-refractivity contribution in [2.75, 3.05) is 0 Å². The van der Waals surface area contributed by atoms with E-state index < -0.39 is 0 Å². The minimum absolute atomic E-state index is 0.175. The zero-order valence-electron chi connectivity index (χ0n) is 27.5. The first-order valence-electron chi connectivity index (χ1n) is 17.1. The van der Waals surface area contributed by atoms with Gasteiger partial charge in [-0.15, -0.1) is 0 Å². The Morgan fingerprint density at radius 2 is 1.64 bits per heavy atom. The normalized spacial score (nSPS) is 18.3. The third kappa shape index (κ3) is 6.49.